The molecule has 0 saturated carbocycles. The van der Waals surface area contributed by atoms with Gasteiger partial charge in [-0.3, -0.25) is 0 Å². The fourth-order valence-electron chi connectivity index (χ4n) is 2.41. The molecule has 17 heavy (non-hydrogen) atoms. The predicted molar refractivity (Wildman–Crippen MR) is 71.8 cm³/mol. The van der Waals surface area contributed by atoms with Crippen molar-refractivity contribution in [2.75, 3.05) is 38.7 Å². The van der Waals surface area contributed by atoms with Crippen LogP contribution in [0.25, 0.3) is 0 Å². The number of nitrogens with one attached hydrogen (secondary N) is 1. The minimum atomic E-state index is 0.742. The van der Waals surface area contributed by atoms with Crippen LogP contribution in [0.2, 0.25) is 0 Å². The topological polar surface area (TPSA) is 24.5 Å². The number of hydrogen-bond donors (Lipinski definition) is 1. The standard InChI is InChI=1S/C14H22N2O/c1-11-8-15-9-12(11)10-16(2)13-5-4-6-14(7-13)17-3/h4-7,11-12,15H,8-10H2,1-3H3/t11-,12+/m1/s1. The van der Waals surface area contributed by atoms with Crippen LogP contribution in [-0.2, 0) is 0 Å². The lowest BCUT2D eigenvalue weighted by atomic mass is 9.97. The van der Waals surface area contributed by atoms with Crippen LogP contribution in [0.4, 0.5) is 5.69 Å². The summed E-state index contributed by atoms with van der Waals surface area (Å²) in [5.74, 6) is 2.43. The molecule has 0 aromatic heterocycles. The summed E-state index contributed by atoms with van der Waals surface area (Å²) in [6.45, 7) is 5.71. The zero-order valence-corrected chi connectivity index (χ0v) is 10.9. The van der Waals surface area contributed by atoms with Crippen LogP contribution in [0.15, 0.2) is 24.3 Å². The Morgan fingerprint density at radius 1 is 1.41 bits per heavy atom. The lowest BCUT2D eigenvalue weighted by molar-refractivity contribution is 0.414. The molecule has 0 bridgehead atoms. The number of anilines is 1. The summed E-state index contributed by atoms with van der Waals surface area (Å²) in [4.78, 5) is 2.32. The number of nitrogens with zero attached hydrogens (tertiary/aromatic N) is 1. The van der Waals surface area contributed by atoms with E-state index in [-0.39, 0.29) is 0 Å². The van der Waals surface area contributed by atoms with E-state index in [9.17, 15) is 0 Å². The molecule has 94 valence electrons. The summed E-state index contributed by atoms with van der Waals surface area (Å²) in [6.07, 6.45) is 0. The van der Waals surface area contributed by atoms with E-state index < -0.39 is 0 Å². The van der Waals surface area contributed by atoms with E-state index in [1.807, 2.05) is 12.1 Å². The molecule has 0 spiro atoms. The first-order valence-corrected chi connectivity index (χ1v) is 6.26. The van der Waals surface area contributed by atoms with Gasteiger partial charge in [-0.1, -0.05) is 13.0 Å². The van der Waals surface area contributed by atoms with Crippen molar-refractivity contribution >= 4 is 5.69 Å². The van der Waals surface area contributed by atoms with Crippen molar-refractivity contribution in [3.05, 3.63) is 24.3 Å². The molecule has 1 saturated heterocycles. The molecule has 1 aromatic carbocycles. The average Bonchev–Trinajstić information content (AvgIpc) is 2.75. The number of rotatable bonds is 4. The first kappa shape index (κ1) is 12.2. The van der Waals surface area contributed by atoms with Crippen LogP contribution in [0.5, 0.6) is 5.75 Å². The Kier molecular flexibility index (Phi) is 3.89. The Labute approximate surface area is 104 Å². The first-order chi connectivity index (χ1) is 8.20. The SMILES string of the molecule is COc1cccc(N(C)C[C@@H]2CNC[C@H]2C)c1. The molecule has 0 radical (unpaired) electrons. The fraction of sp³-hybridized carbons (Fsp3) is 0.571. The van der Waals surface area contributed by atoms with Gasteiger partial charge in [-0.05, 0) is 37.1 Å². The largest absolute Gasteiger partial charge is 0.497 e. The lowest BCUT2D eigenvalue weighted by Crippen LogP contribution is -2.29. The highest BCUT2D eigenvalue weighted by Gasteiger charge is 2.24. The third-order valence-corrected chi connectivity index (χ3v) is 3.68. The average molecular weight is 234 g/mol. The van der Waals surface area contributed by atoms with Crippen LogP contribution in [-0.4, -0.2) is 33.8 Å². The highest BCUT2D eigenvalue weighted by Crippen LogP contribution is 2.23. The van der Waals surface area contributed by atoms with E-state index in [4.69, 9.17) is 4.74 Å². The van der Waals surface area contributed by atoms with E-state index in [0.717, 1.165) is 37.2 Å². The molecule has 1 heterocycles. The maximum absolute atomic E-state index is 5.26. The van der Waals surface area contributed by atoms with Gasteiger partial charge in [-0.2, -0.15) is 0 Å². The molecule has 0 amide bonds. The highest BCUT2D eigenvalue weighted by molar-refractivity contribution is 5.50. The van der Waals surface area contributed by atoms with Gasteiger partial charge >= 0.3 is 0 Å². The van der Waals surface area contributed by atoms with E-state index in [2.05, 4.69) is 36.3 Å². The number of methoxy groups -OCH3 is 1. The maximum atomic E-state index is 5.26. The lowest BCUT2D eigenvalue weighted by Gasteiger charge is -2.25. The summed E-state index contributed by atoms with van der Waals surface area (Å²) in [6, 6.07) is 8.25. The van der Waals surface area contributed by atoms with Crippen LogP contribution in [0, 0.1) is 11.8 Å². The van der Waals surface area contributed by atoms with Crippen LogP contribution in [0.3, 0.4) is 0 Å². The molecule has 2 rings (SSSR count). The fourth-order valence-corrected chi connectivity index (χ4v) is 2.41. The van der Waals surface area contributed by atoms with Crippen molar-refractivity contribution in [3.8, 4) is 5.75 Å². The molecular weight excluding hydrogens is 212 g/mol. The van der Waals surface area contributed by atoms with E-state index in [1.165, 1.54) is 5.69 Å². The Morgan fingerprint density at radius 3 is 2.88 bits per heavy atom. The summed E-state index contributed by atoms with van der Waals surface area (Å²) in [5, 5.41) is 3.45. The minimum absolute atomic E-state index is 0.742. The van der Waals surface area contributed by atoms with Gasteiger partial charge in [0, 0.05) is 25.3 Å². The van der Waals surface area contributed by atoms with Gasteiger partial charge < -0.3 is 15.0 Å². The molecule has 3 nitrogen and oxygen atoms in total. The van der Waals surface area contributed by atoms with Crippen LogP contribution in [0.1, 0.15) is 6.92 Å². The molecule has 1 aromatic rings. The van der Waals surface area contributed by atoms with Gasteiger partial charge in [0.15, 0.2) is 0 Å². The van der Waals surface area contributed by atoms with Gasteiger partial charge in [-0.15, -0.1) is 0 Å². The Morgan fingerprint density at radius 2 is 2.24 bits per heavy atom. The van der Waals surface area contributed by atoms with Gasteiger partial charge in [0.2, 0.25) is 0 Å². The second-order valence-electron chi connectivity index (χ2n) is 4.98. The van der Waals surface area contributed by atoms with Crippen LogP contribution < -0.4 is 15.0 Å². The van der Waals surface area contributed by atoms with Crippen LogP contribution >= 0.6 is 0 Å². The van der Waals surface area contributed by atoms with Crippen molar-refractivity contribution < 1.29 is 4.74 Å². The van der Waals surface area contributed by atoms with Gasteiger partial charge in [0.25, 0.3) is 0 Å². The summed E-state index contributed by atoms with van der Waals surface area (Å²) in [5.41, 5.74) is 1.23. The monoisotopic (exact) mass is 234 g/mol. The summed E-state index contributed by atoms with van der Waals surface area (Å²) in [7, 11) is 3.86. The number of hydrogen-bond acceptors (Lipinski definition) is 3. The highest BCUT2D eigenvalue weighted by atomic mass is 16.5. The molecule has 3 heteroatoms. The molecule has 1 aliphatic heterocycles. The van der Waals surface area contributed by atoms with E-state index in [1.54, 1.807) is 7.11 Å². The maximum Gasteiger partial charge on any atom is 0.120 e. The van der Waals surface area contributed by atoms with E-state index in [0.29, 0.717) is 0 Å². The number of ether oxygens (including phenoxy) is 1. The minimum Gasteiger partial charge on any atom is -0.497 e. The first-order valence-electron chi connectivity index (χ1n) is 6.26. The quantitative estimate of drug-likeness (QED) is 0.862. The Balaban J connectivity index is 2.00. The van der Waals surface area contributed by atoms with Gasteiger partial charge in [0.1, 0.15) is 5.75 Å². The zero-order chi connectivity index (χ0) is 12.3. The van der Waals surface area contributed by atoms with E-state index >= 15 is 0 Å². The number of benzene rings is 1. The van der Waals surface area contributed by atoms with Gasteiger partial charge in [-0.25, -0.2) is 0 Å². The van der Waals surface area contributed by atoms with Gasteiger partial charge in [0.05, 0.1) is 7.11 Å². The third kappa shape index (κ3) is 2.91. The third-order valence-electron chi connectivity index (χ3n) is 3.68. The Bertz CT molecular complexity index is 367. The predicted octanol–water partition coefficient (Wildman–Crippen LogP) is 1.99. The molecule has 2 atom stereocenters. The molecule has 0 unspecified atom stereocenters. The van der Waals surface area contributed by atoms with Crippen molar-refractivity contribution in [1.82, 2.24) is 5.32 Å². The molecule has 1 aliphatic rings. The van der Waals surface area contributed by atoms with Crippen molar-refractivity contribution in [2.24, 2.45) is 11.8 Å². The second-order valence-corrected chi connectivity index (χ2v) is 4.98. The van der Waals surface area contributed by atoms with Crippen molar-refractivity contribution in [1.29, 1.82) is 0 Å². The molecular formula is C14H22N2O. The van der Waals surface area contributed by atoms with Crippen molar-refractivity contribution in [2.45, 2.75) is 6.92 Å². The normalized spacial score (nSPS) is 23.7. The molecule has 0 aliphatic carbocycles. The smallest absolute Gasteiger partial charge is 0.120 e. The van der Waals surface area contributed by atoms with Crippen molar-refractivity contribution in [3.63, 3.8) is 0 Å². The molecule has 1 fully saturated rings. The zero-order valence-electron chi connectivity index (χ0n) is 10.9. The molecule has 1 N–H and O–H groups in total. The Hall–Kier alpha value is -1.22. The second kappa shape index (κ2) is 5.41. The summed E-state index contributed by atoms with van der Waals surface area (Å²) < 4.78 is 5.26. The summed E-state index contributed by atoms with van der Waals surface area (Å²) >= 11 is 0.